The van der Waals surface area contributed by atoms with Crippen molar-refractivity contribution in [2.24, 2.45) is 0 Å². The quantitative estimate of drug-likeness (QED) is 0.728. The summed E-state index contributed by atoms with van der Waals surface area (Å²) < 4.78 is 0. The van der Waals surface area contributed by atoms with Crippen molar-refractivity contribution in [3.8, 4) is 0 Å². The molecule has 1 atom stereocenters. The minimum absolute atomic E-state index is 0.434. The summed E-state index contributed by atoms with van der Waals surface area (Å²) in [5.74, 6) is 0. The van der Waals surface area contributed by atoms with Crippen molar-refractivity contribution in [1.82, 2.24) is 10.2 Å². The second kappa shape index (κ2) is 5.86. The molecule has 0 aromatic rings. The minimum atomic E-state index is 0.434. The lowest BCUT2D eigenvalue weighted by atomic mass is 9.84. The van der Waals surface area contributed by atoms with Crippen LogP contribution < -0.4 is 5.32 Å². The van der Waals surface area contributed by atoms with E-state index in [1.54, 1.807) is 0 Å². The average Bonchev–Trinajstić information content (AvgIpc) is 2.69. The van der Waals surface area contributed by atoms with E-state index >= 15 is 0 Å². The molecule has 90 valence electrons. The van der Waals surface area contributed by atoms with E-state index in [2.05, 4.69) is 38.3 Å². The normalized spacial score (nSPS) is 22.2. The molecule has 0 bridgehead atoms. The van der Waals surface area contributed by atoms with E-state index < -0.39 is 0 Å². The molecule has 1 aliphatic rings. The lowest BCUT2D eigenvalue weighted by Gasteiger charge is -2.43. The molecule has 1 aliphatic carbocycles. The van der Waals surface area contributed by atoms with Crippen LogP contribution in [0.15, 0.2) is 0 Å². The van der Waals surface area contributed by atoms with Crippen LogP contribution in [-0.2, 0) is 0 Å². The van der Waals surface area contributed by atoms with E-state index in [9.17, 15) is 0 Å². The van der Waals surface area contributed by atoms with Gasteiger partial charge in [0.05, 0.1) is 0 Å². The molecule has 1 unspecified atom stereocenters. The maximum absolute atomic E-state index is 3.56. The van der Waals surface area contributed by atoms with Crippen LogP contribution in [0.5, 0.6) is 0 Å². The lowest BCUT2D eigenvalue weighted by Crippen LogP contribution is -2.56. The maximum atomic E-state index is 3.56. The van der Waals surface area contributed by atoms with Crippen molar-refractivity contribution in [3.63, 3.8) is 0 Å². The average molecular weight is 212 g/mol. The molecule has 0 radical (unpaired) electrons. The van der Waals surface area contributed by atoms with Crippen LogP contribution in [0, 0.1) is 0 Å². The van der Waals surface area contributed by atoms with Gasteiger partial charge in [-0.05, 0) is 40.4 Å². The number of likely N-dealkylation sites (N-methyl/N-ethyl adjacent to an activating group) is 2. The highest BCUT2D eigenvalue weighted by Crippen LogP contribution is 2.38. The first-order valence-electron chi connectivity index (χ1n) is 6.52. The second-order valence-corrected chi connectivity index (χ2v) is 5.19. The van der Waals surface area contributed by atoms with Crippen molar-refractivity contribution in [1.29, 1.82) is 0 Å². The lowest BCUT2D eigenvalue weighted by molar-refractivity contribution is 0.103. The molecular formula is C13H28N2. The van der Waals surface area contributed by atoms with Gasteiger partial charge in [-0.15, -0.1) is 0 Å². The summed E-state index contributed by atoms with van der Waals surface area (Å²) >= 11 is 0. The molecule has 1 fully saturated rings. The highest BCUT2D eigenvalue weighted by Gasteiger charge is 2.41. The monoisotopic (exact) mass is 212 g/mol. The summed E-state index contributed by atoms with van der Waals surface area (Å²) in [5.41, 5.74) is 0.434. The summed E-state index contributed by atoms with van der Waals surface area (Å²) in [6.45, 7) is 2.28. The molecular weight excluding hydrogens is 184 g/mol. The van der Waals surface area contributed by atoms with Crippen molar-refractivity contribution in [2.45, 2.75) is 63.5 Å². The molecule has 0 aliphatic heterocycles. The molecule has 0 amide bonds. The number of nitrogens with one attached hydrogen (secondary N) is 1. The number of rotatable bonds is 6. The van der Waals surface area contributed by atoms with E-state index in [4.69, 9.17) is 0 Å². The van der Waals surface area contributed by atoms with E-state index in [1.807, 2.05) is 0 Å². The van der Waals surface area contributed by atoms with E-state index in [1.165, 1.54) is 44.9 Å². The molecule has 2 nitrogen and oxygen atoms in total. The van der Waals surface area contributed by atoms with Crippen LogP contribution in [-0.4, -0.2) is 37.6 Å². The Hall–Kier alpha value is -0.0800. The van der Waals surface area contributed by atoms with Crippen molar-refractivity contribution in [3.05, 3.63) is 0 Å². The number of hydrogen-bond acceptors (Lipinski definition) is 2. The van der Waals surface area contributed by atoms with Gasteiger partial charge in [0, 0.05) is 11.6 Å². The number of unbranched alkanes of at least 4 members (excludes halogenated alkanes) is 1. The van der Waals surface area contributed by atoms with E-state index in [0.717, 1.165) is 0 Å². The Morgan fingerprint density at radius 2 is 1.87 bits per heavy atom. The standard InChI is InChI=1S/C13H28N2/c1-5-6-9-12(14-2)13(15(3)4)10-7-8-11-13/h12,14H,5-11H2,1-4H3. The largest absolute Gasteiger partial charge is 0.315 e. The zero-order valence-electron chi connectivity index (χ0n) is 11.0. The minimum Gasteiger partial charge on any atom is -0.315 e. The molecule has 1 N–H and O–H groups in total. The van der Waals surface area contributed by atoms with E-state index in [0.29, 0.717) is 11.6 Å². The summed E-state index contributed by atoms with van der Waals surface area (Å²) in [6.07, 6.45) is 9.53. The van der Waals surface area contributed by atoms with Crippen LogP contribution in [0.2, 0.25) is 0 Å². The van der Waals surface area contributed by atoms with Crippen LogP contribution >= 0.6 is 0 Å². The Morgan fingerprint density at radius 3 is 2.27 bits per heavy atom. The molecule has 0 aromatic carbocycles. The molecule has 0 heterocycles. The molecule has 1 saturated carbocycles. The highest BCUT2D eigenvalue weighted by molar-refractivity contribution is 5.01. The van der Waals surface area contributed by atoms with Crippen LogP contribution in [0.25, 0.3) is 0 Å². The zero-order chi connectivity index (χ0) is 11.3. The van der Waals surface area contributed by atoms with Gasteiger partial charge < -0.3 is 10.2 Å². The molecule has 0 spiro atoms. The first-order chi connectivity index (χ1) is 7.17. The Morgan fingerprint density at radius 1 is 1.27 bits per heavy atom. The van der Waals surface area contributed by atoms with E-state index in [-0.39, 0.29) is 0 Å². The SMILES string of the molecule is CCCCC(NC)C1(N(C)C)CCCC1. The highest BCUT2D eigenvalue weighted by atomic mass is 15.2. The van der Waals surface area contributed by atoms with Gasteiger partial charge >= 0.3 is 0 Å². The van der Waals surface area contributed by atoms with Gasteiger partial charge in [0.15, 0.2) is 0 Å². The number of hydrogen-bond donors (Lipinski definition) is 1. The Balaban J connectivity index is 2.67. The van der Waals surface area contributed by atoms with Crippen LogP contribution in [0.4, 0.5) is 0 Å². The fourth-order valence-corrected chi connectivity index (χ4v) is 3.18. The third-order valence-electron chi connectivity index (χ3n) is 4.20. The predicted molar refractivity (Wildman–Crippen MR) is 67.3 cm³/mol. The topological polar surface area (TPSA) is 15.3 Å². The maximum Gasteiger partial charge on any atom is 0.0356 e. The molecule has 1 rings (SSSR count). The Labute approximate surface area is 95.4 Å². The van der Waals surface area contributed by atoms with Gasteiger partial charge in [-0.3, -0.25) is 0 Å². The third-order valence-corrected chi connectivity index (χ3v) is 4.20. The first kappa shape index (κ1) is 13.0. The fraction of sp³-hybridized carbons (Fsp3) is 1.00. The third kappa shape index (κ3) is 2.73. The smallest absolute Gasteiger partial charge is 0.0356 e. The Kier molecular flexibility index (Phi) is 5.07. The van der Waals surface area contributed by atoms with Crippen LogP contribution in [0.1, 0.15) is 51.9 Å². The van der Waals surface area contributed by atoms with Gasteiger partial charge in [0.25, 0.3) is 0 Å². The van der Waals surface area contributed by atoms with Crippen LogP contribution in [0.3, 0.4) is 0 Å². The second-order valence-electron chi connectivity index (χ2n) is 5.19. The predicted octanol–water partition coefficient (Wildman–Crippen LogP) is 2.64. The summed E-state index contributed by atoms with van der Waals surface area (Å²) in [7, 11) is 6.63. The van der Waals surface area contributed by atoms with Crippen molar-refractivity contribution in [2.75, 3.05) is 21.1 Å². The Bertz CT molecular complexity index is 171. The molecule has 0 saturated heterocycles. The fourth-order valence-electron chi connectivity index (χ4n) is 3.18. The first-order valence-corrected chi connectivity index (χ1v) is 6.52. The molecule has 15 heavy (non-hydrogen) atoms. The van der Waals surface area contributed by atoms with Crippen molar-refractivity contribution < 1.29 is 0 Å². The summed E-state index contributed by atoms with van der Waals surface area (Å²) in [5, 5.41) is 3.56. The van der Waals surface area contributed by atoms with Gasteiger partial charge in [-0.2, -0.15) is 0 Å². The van der Waals surface area contributed by atoms with Gasteiger partial charge in [-0.1, -0.05) is 32.6 Å². The number of nitrogens with zero attached hydrogens (tertiary/aromatic N) is 1. The molecule has 0 aromatic heterocycles. The van der Waals surface area contributed by atoms with Gasteiger partial charge in [-0.25, -0.2) is 0 Å². The van der Waals surface area contributed by atoms with Crippen molar-refractivity contribution >= 4 is 0 Å². The van der Waals surface area contributed by atoms with Gasteiger partial charge in [0.1, 0.15) is 0 Å². The summed E-state index contributed by atoms with van der Waals surface area (Å²) in [6, 6.07) is 0.676. The zero-order valence-corrected chi connectivity index (χ0v) is 11.0. The van der Waals surface area contributed by atoms with Gasteiger partial charge in [0.2, 0.25) is 0 Å². The molecule has 2 heteroatoms. The summed E-state index contributed by atoms with van der Waals surface area (Å²) in [4.78, 5) is 2.47.